The summed E-state index contributed by atoms with van der Waals surface area (Å²) in [5, 5.41) is 0. The van der Waals surface area contributed by atoms with E-state index < -0.39 is 10.0 Å². The highest BCUT2D eigenvalue weighted by molar-refractivity contribution is 7.89. The number of rotatable bonds is 2. The van der Waals surface area contributed by atoms with E-state index in [1.165, 1.54) is 4.31 Å². The van der Waals surface area contributed by atoms with Gasteiger partial charge in [0.1, 0.15) is 0 Å². The summed E-state index contributed by atoms with van der Waals surface area (Å²) in [7, 11) is -3.51. The Hall–Kier alpha value is -1.11. The van der Waals surface area contributed by atoms with E-state index in [4.69, 9.17) is 10.5 Å². The first-order valence-corrected chi connectivity index (χ1v) is 7.74. The summed E-state index contributed by atoms with van der Waals surface area (Å²) in [6, 6.07) is 3.32. The maximum absolute atomic E-state index is 12.7. The van der Waals surface area contributed by atoms with Gasteiger partial charge in [0.25, 0.3) is 0 Å². The molecule has 6 heteroatoms. The zero-order valence-corrected chi connectivity index (χ0v) is 12.3. The molecule has 0 bridgehead atoms. The Morgan fingerprint density at radius 3 is 2.68 bits per heavy atom. The summed E-state index contributed by atoms with van der Waals surface area (Å²) in [5.74, 6) is 0. The maximum Gasteiger partial charge on any atom is 0.243 e. The fraction of sp³-hybridized carbons (Fsp3) is 0.538. The highest BCUT2D eigenvalue weighted by atomic mass is 32.2. The second-order valence-corrected chi connectivity index (χ2v) is 6.88. The molecule has 0 aromatic heterocycles. The first kappa shape index (κ1) is 14.3. The van der Waals surface area contributed by atoms with Gasteiger partial charge in [-0.3, -0.25) is 0 Å². The number of sulfonamides is 1. The Balaban J connectivity index is 2.50. The lowest BCUT2D eigenvalue weighted by Gasteiger charge is -2.32. The molecular weight excluding hydrogens is 264 g/mol. The van der Waals surface area contributed by atoms with Crippen LogP contribution in [0.1, 0.15) is 18.1 Å². The molecular formula is C13H20N2O3S. The summed E-state index contributed by atoms with van der Waals surface area (Å²) in [6.45, 7) is 6.69. The van der Waals surface area contributed by atoms with Gasteiger partial charge in [0.15, 0.2) is 0 Å². The van der Waals surface area contributed by atoms with Crippen LogP contribution in [0.15, 0.2) is 17.0 Å². The van der Waals surface area contributed by atoms with E-state index in [1.807, 2.05) is 13.8 Å². The first-order valence-electron chi connectivity index (χ1n) is 6.30. The van der Waals surface area contributed by atoms with Gasteiger partial charge in [0.05, 0.1) is 18.1 Å². The van der Waals surface area contributed by atoms with Gasteiger partial charge in [-0.25, -0.2) is 8.42 Å². The number of anilines is 1. The molecule has 0 saturated carbocycles. The Morgan fingerprint density at radius 1 is 1.37 bits per heavy atom. The van der Waals surface area contributed by atoms with Crippen molar-refractivity contribution < 1.29 is 13.2 Å². The minimum Gasteiger partial charge on any atom is -0.398 e. The molecule has 1 fully saturated rings. The number of morpholine rings is 1. The number of nitrogen functional groups attached to an aromatic ring is 1. The molecule has 2 rings (SSSR count). The second kappa shape index (κ2) is 5.11. The Morgan fingerprint density at radius 2 is 2.05 bits per heavy atom. The summed E-state index contributed by atoms with van der Waals surface area (Å²) >= 11 is 0. The monoisotopic (exact) mass is 284 g/mol. The van der Waals surface area contributed by atoms with Gasteiger partial charge in [-0.1, -0.05) is 0 Å². The summed E-state index contributed by atoms with van der Waals surface area (Å²) < 4.78 is 32.3. The molecule has 0 radical (unpaired) electrons. The van der Waals surface area contributed by atoms with Gasteiger partial charge in [-0.15, -0.1) is 0 Å². The first-order chi connectivity index (χ1) is 8.84. The van der Waals surface area contributed by atoms with Crippen LogP contribution < -0.4 is 5.73 Å². The number of nitrogens with zero attached hydrogens (tertiary/aromatic N) is 1. The lowest BCUT2D eigenvalue weighted by atomic mass is 10.1. The van der Waals surface area contributed by atoms with Crippen molar-refractivity contribution in [3.8, 4) is 0 Å². The molecule has 1 heterocycles. The SMILES string of the molecule is Cc1cc(N)c(C)c(S(=O)(=O)N2CCOC[C@H]2C)c1. The van der Waals surface area contributed by atoms with Gasteiger partial charge in [-0.05, 0) is 44.0 Å². The van der Waals surface area contributed by atoms with Crippen LogP contribution in [0, 0.1) is 13.8 Å². The van der Waals surface area contributed by atoms with Crippen molar-refractivity contribution in [1.82, 2.24) is 4.31 Å². The Bertz CT molecular complexity index is 584. The van der Waals surface area contributed by atoms with Crippen LogP contribution in [0.3, 0.4) is 0 Å². The molecule has 1 atom stereocenters. The molecule has 0 aliphatic carbocycles. The highest BCUT2D eigenvalue weighted by Gasteiger charge is 2.32. The van der Waals surface area contributed by atoms with Crippen LogP contribution >= 0.6 is 0 Å². The third-order valence-electron chi connectivity index (χ3n) is 3.44. The zero-order chi connectivity index (χ0) is 14.2. The van der Waals surface area contributed by atoms with Crippen molar-refractivity contribution in [2.45, 2.75) is 31.7 Å². The van der Waals surface area contributed by atoms with E-state index in [1.54, 1.807) is 19.1 Å². The minimum atomic E-state index is -3.51. The summed E-state index contributed by atoms with van der Waals surface area (Å²) in [5.41, 5.74) is 7.85. The molecule has 0 unspecified atom stereocenters. The van der Waals surface area contributed by atoms with Crippen LogP contribution in [0.5, 0.6) is 0 Å². The third-order valence-corrected chi connectivity index (χ3v) is 5.58. The second-order valence-electron chi connectivity index (χ2n) is 5.02. The highest BCUT2D eigenvalue weighted by Crippen LogP contribution is 2.27. The smallest absolute Gasteiger partial charge is 0.243 e. The van der Waals surface area contributed by atoms with E-state index in [0.717, 1.165) is 5.56 Å². The molecule has 106 valence electrons. The molecule has 1 aromatic carbocycles. The van der Waals surface area contributed by atoms with Crippen molar-refractivity contribution in [2.24, 2.45) is 0 Å². The topological polar surface area (TPSA) is 72.6 Å². The number of hydrogen-bond acceptors (Lipinski definition) is 4. The summed E-state index contributed by atoms with van der Waals surface area (Å²) in [6.07, 6.45) is 0. The van der Waals surface area contributed by atoms with Crippen molar-refractivity contribution >= 4 is 15.7 Å². The van der Waals surface area contributed by atoms with Gasteiger partial charge in [0, 0.05) is 18.3 Å². The van der Waals surface area contributed by atoms with Crippen LogP contribution in [0.2, 0.25) is 0 Å². The standard InChI is InChI=1S/C13H20N2O3S/c1-9-6-12(14)11(3)13(7-9)19(16,17)15-4-5-18-8-10(15)2/h6-7,10H,4-5,8,14H2,1-3H3/t10-/m1/s1. The Labute approximate surface area is 114 Å². The number of nitrogens with two attached hydrogens (primary N) is 1. The van der Waals surface area contributed by atoms with Crippen LogP contribution in [0.4, 0.5) is 5.69 Å². The normalized spacial score (nSPS) is 21.5. The largest absolute Gasteiger partial charge is 0.398 e. The average molecular weight is 284 g/mol. The molecule has 0 spiro atoms. The van der Waals surface area contributed by atoms with Crippen molar-refractivity contribution in [3.05, 3.63) is 23.3 Å². The fourth-order valence-electron chi connectivity index (χ4n) is 2.32. The quantitative estimate of drug-likeness (QED) is 0.831. The predicted molar refractivity (Wildman–Crippen MR) is 74.5 cm³/mol. The van der Waals surface area contributed by atoms with Crippen molar-refractivity contribution in [1.29, 1.82) is 0 Å². The van der Waals surface area contributed by atoms with Crippen LogP contribution in [-0.4, -0.2) is 38.5 Å². The number of aryl methyl sites for hydroxylation is 1. The van der Waals surface area contributed by atoms with E-state index in [2.05, 4.69) is 0 Å². The van der Waals surface area contributed by atoms with Gasteiger partial charge < -0.3 is 10.5 Å². The fourth-order valence-corrected chi connectivity index (χ4v) is 4.26. The van der Waals surface area contributed by atoms with Gasteiger partial charge in [0.2, 0.25) is 10.0 Å². The molecule has 19 heavy (non-hydrogen) atoms. The van der Waals surface area contributed by atoms with Crippen molar-refractivity contribution in [3.63, 3.8) is 0 Å². The number of ether oxygens (including phenoxy) is 1. The zero-order valence-electron chi connectivity index (χ0n) is 11.5. The van der Waals surface area contributed by atoms with Crippen molar-refractivity contribution in [2.75, 3.05) is 25.5 Å². The van der Waals surface area contributed by atoms with E-state index in [9.17, 15) is 8.42 Å². The number of benzene rings is 1. The van der Waals surface area contributed by atoms with Crippen LogP contribution in [0.25, 0.3) is 0 Å². The molecule has 1 saturated heterocycles. The molecule has 1 aromatic rings. The lowest BCUT2D eigenvalue weighted by molar-refractivity contribution is 0.0392. The van der Waals surface area contributed by atoms with E-state index >= 15 is 0 Å². The minimum absolute atomic E-state index is 0.153. The maximum atomic E-state index is 12.7. The van der Waals surface area contributed by atoms with E-state index in [-0.39, 0.29) is 6.04 Å². The Kier molecular flexibility index (Phi) is 3.85. The lowest BCUT2D eigenvalue weighted by Crippen LogP contribution is -2.47. The average Bonchev–Trinajstić information content (AvgIpc) is 2.34. The molecule has 0 amide bonds. The molecule has 1 aliphatic heterocycles. The number of hydrogen-bond donors (Lipinski definition) is 1. The molecule has 2 N–H and O–H groups in total. The summed E-state index contributed by atoms with van der Waals surface area (Å²) in [4.78, 5) is 0.304. The van der Waals surface area contributed by atoms with Gasteiger partial charge in [-0.2, -0.15) is 4.31 Å². The third kappa shape index (κ3) is 2.61. The van der Waals surface area contributed by atoms with E-state index in [0.29, 0.717) is 35.9 Å². The van der Waals surface area contributed by atoms with Crippen LogP contribution in [-0.2, 0) is 14.8 Å². The molecule has 5 nitrogen and oxygen atoms in total. The van der Waals surface area contributed by atoms with Gasteiger partial charge >= 0.3 is 0 Å². The predicted octanol–water partition coefficient (Wildman–Crippen LogP) is 1.30. The molecule has 1 aliphatic rings.